The molecule has 1 aromatic carbocycles. The van der Waals surface area contributed by atoms with Crippen LogP contribution in [-0.4, -0.2) is 41.7 Å². The molecule has 2 aromatic heterocycles. The van der Waals surface area contributed by atoms with Crippen molar-refractivity contribution in [1.29, 1.82) is 0 Å². The Hall–Kier alpha value is -3.43. The third kappa shape index (κ3) is 5.29. The number of fused-ring (bicyclic) bond motifs is 1. The summed E-state index contributed by atoms with van der Waals surface area (Å²) in [6.45, 7) is 0.575. The van der Waals surface area contributed by atoms with Crippen LogP contribution < -0.4 is 20.5 Å². The summed E-state index contributed by atoms with van der Waals surface area (Å²) in [6, 6.07) is 7.39. The summed E-state index contributed by atoms with van der Waals surface area (Å²) in [5, 5.41) is 2.41. The molecule has 0 aliphatic heterocycles. The van der Waals surface area contributed by atoms with Crippen molar-refractivity contribution in [2.24, 2.45) is 5.73 Å². The van der Waals surface area contributed by atoms with E-state index in [4.69, 9.17) is 19.6 Å². The number of urea groups is 1. The van der Waals surface area contributed by atoms with Crippen LogP contribution in [0.5, 0.6) is 11.5 Å². The average Bonchev–Trinajstić information content (AvgIpc) is 3.06. The van der Waals surface area contributed by atoms with E-state index in [1.807, 2.05) is 0 Å². The van der Waals surface area contributed by atoms with Gasteiger partial charge in [-0.25, -0.2) is 23.5 Å². The molecule has 3 N–H and O–H groups in total. The van der Waals surface area contributed by atoms with Gasteiger partial charge >= 0.3 is 6.03 Å². The summed E-state index contributed by atoms with van der Waals surface area (Å²) in [5.41, 5.74) is 6.37. The number of hydrogen-bond donors (Lipinski definition) is 2. The number of rotatable bonds is 8. The number of aromatic nitrogens is 2. The number of nitrogens with one attached hydrogen (secondary N) is 1. The smallest absolute Gasteiger partial charge is 0.312 e. The maximum Gasteiger partial charge on any atom is 0.312 e. The van der Waals surface area contributed by atoms with Gasteiger partial charge in [0.25, 0.3) is 5.92 Å². The molecule has 0 saturated heterocycles. The first-order valence-electron chi connectivity index (χ1n) is 8.34. The number of primary amides is 1. The molecule has 148 valence electrons. The maximum atomic E-state index is 12.9. The molecule has 0 unspecified atom stereocenters. The largest absolute Gasteiger partial charge is 0.490 e. The number of oxazole rings is 1. The van der Waals surface area contributed by atoms with E-state index in [2.05, 4.69) is 15.3 Å². The Morgan fingerprint density at radius 3 is 2.71 bits per heavy atom. The number of ether oxygens (including phenoxy) is 2. The lowest BCUT2D eigenvalue weighted by Gasteiger charge is -2.11. The van der Waals surface area contributed by atoms with E-state index < -0.39 is 18.6 Å². The fourth-order valence-corrected chi connectivity index (χ4v) is 2.25. The lowest BCUT2D eigenvalue weighted by Crippen LogP contribution is -2.32. The lowest BCUT2D eigenvalue weighted by atomic mass is 10.3. The molecule has 10 heteroatoms. The zero-order valence-electron chi connectivity index (χ0n) is 14.9. The fraction of sp³-hybridized carbons (Fsp3) is 0.278. The van der Waals surface area contributed by atoms with Crippen molar-refractivity contribution in [2.75, 3.05) is 19.8 Å². The zero-order chi connectivity index (χ0) is 20.1. The second-order valence-electron chi connectivity index (χ2n) is 6.03. The highest BCUT2D eigenvalue weighted by Gasteiger charge is 2.22. The molecule has 0 bridgehead atoms. The van der Waals surface area contributed by atoms with Crippen LogP contribution in [0.2, 0.25) is 0 Å². The molecule has 0 aliphatic rings. The van der Waals surface area contributed by atoms with E-state index in [9.17, 15) is 13.6 Å². The Labute approximate surface area is 158 Å². The van der Waals surface area contributed by atoms with Gasteiger partial charge in [0.1, 0.15) is 29.3 Å². The van der Waals surface area contributed by atoms with Crippen molar-refractivity contribution < 1.29 is 27.5 Å². The summed E-state index contributed by atoms with van der Waals surface area (Å²) in [5.74, 6) is -1.89. The van der Waals surface area contributed by atoms with Crippen LogP contribution >= 0.6 is 0 Å². The standard InChI is InChI=1S/C18H18F2N4O4/c1-18(19,20)10-27-11-2-4-13-15(8-11)28-16(24-13)14-5-3-12(9-23-14)26-7-6-22-17(21)25/h2-5,8-9H,6-7,10H2,1H3,(H3,21,22,25). The number of halogens is 2. The molecule has 0 spiro atoms. The van der Waals surface area contributed by atoms with Crippen molar-refractivity contribution in [1.82, 2.24) is 15.3 Å². The number of carbonyl (C=O) groups is 1. The highest BCUT2D eigenvalue weighted by molar-refractivity contribution is 5.77. The highest BCUT2D eigenvalue weighted by atomic mass is 19.3. The first-order chi connectivity index (χ1) is 13.3. The predicted molar refractivity (Wildman–Crippen MR) is 96.4 cm³/mol. The Kier molecular flexibility index (Phi) is 5.57. The Morgan fingerprint density at radius 2 is 2.04 bits per heavy atom. The molecule has 3 rings (SSSR count). The molecule has 0 radical (unpaired) electrons. The third-order valence-corrected chi connectivity index (χ3v) is 3.48. The topological polar surface area (TPSA) is 112 Å². The highest BCUT2D eigenvalue weighted by Crippen LogP contribution is 2.27. The minimum Gasteiger partial charge on any atom is -0.490 e. The SMILES string of the molecule is CC(F)(F)COc1ccc2nc(-c3ccc(OCCNC(N)=O)cn3)oc2c1. The molecule has 0 aliphatic carbocycles. The van der Waals surface area contributed by atoms with Gasteiger partial charge in [0, 0.05) is 13.0 Å². The second-order valence-corrected chi connectivity index (χ2v) is 6.03. The van der Waals surface area contributed by atoms with E-state index in [-0.39, 0.29) is 24.8 Å². The van der Waals surface area contributed by atoms with Gasteiger partial charge in [0.15, 0.2) is 12.2 Å². The first-order valence-corrected chi connectivity index (χ1v) is 8.34. The predicted octanol–water partition coefficient (Wildman–Crippen LogP) is 2.97. The van der Waals surface area contributed by atoms with Crippen LogP contribution in [0, 0.1) is 0 Å². The van der Waals surface area contributed by atoms with E-state index >= 15 is 0 Å². The monoisotopic (exact) mass is 392 g/mol. The summed E-state index contributed by atoms with van der Waals surface area (Å²) >= 11 is 0. The van der Waals surface area contributed by atoms with Crippen LogP contribution in [0.15, 0.2) is 40.9 Å². The fourth-order valence-electron chi connectivity index (χ4n) is 2.25. The molecule has 8 nitrogen and oxygen atoms in total. The van der Waals surface area contributed by atoms with Gasteiger partial charge < -0.3 is 24.9 Å². The molecular weight excluding hydrogens is 374 g/mol. The van der Waals surface area contributed by atoms with Gasteiger partial charge in [-0.05, 0) is 24.3 Å². The maximum absolute atomic E-state index is 12.9. The Morgan fingerprint density at radius 1 is 1.25 bits per heavy atom. The second kappa shape index (κ2) is 8.07. The van der Waals surface area contributed by atoms with Crippen molar-refractivity contribution in [3.05, 3.63) is 36.5 Å². The summed E-state index contributed by atoms with van der Waals surface area (Å²) in [4.78, 5) is 19.1. The number of alkyl halides is 2. The van der Waals surface area contributed by atoms with Crippen LogP contribution in [0.25, 0.3) is 22.7 Å². The number of carbonyl (C=O) groups excluding carboxylic acids is 1. The third-order valence-electron chi connectivity index (χ3n) is 3.48. The number of benzene rings is 1. The van der Waals surface area contributed by atoms with Crippen molar-refractivity contribution in [2.45, 2.75) is 12.8 Å². The number of pyridine rings is 1. The van der Waals surface area contributed by atoms with E-state index in [1.165, 1.54) is 12.3 Å². The van der Waals surface area contributed by atoms with Gasteiger partial charge in [-0.2, -0.15) is 0 Å². The molecule has 0 saturated carbocycles. The summed E-state index contributed by atoms with van der Waals surface area (Å²) < 4.78 is 41.9. The van der Waals surface area contributed by atoms with Gasteiger partial charge in [-0.1, -0.05) is 0 Å². The molecule has 28 heavy (non-hydrogen) atoms. The summed E-state index contributed by atoms with van der Waals surface area (Å²) in [7, 11) is 0. The molecule has 0 atom stereocenters. The quantitative estimate of drug-likeness (QED) is 0.570. The van der Waals surface area contributed by atoms with Crippen molar-refractivity contribution in [3.8, 4) is 23.1 Å². The molecule has 3 aromatic rings. The minimum absolute atomic E-state index is 0.242. The van der Waals surface area contributed by atoms with Crippen LogP contribution in [0.4, 0.5) is 13.6 Å². The van der Waals surface area contributed by atoms with Gasteiger partial charge in [-0.3, -0.25) is 0 Å². The number of amides is 2. The molecule has 0 fully saturated rings. The molecular formula is C18H18F2N4O4. The van der Waals surface area contributed by atoms with E-state index in [0.29, 0.717) is 22.5 Å². The average molecular weight is 392 g/mol. The van der Waals surface area contributed by atoms with Gasteiger partial charge in [0.2, 0.25) is 5.89 Å². The number of hydrogen-bond acceptors (Lipinski definition) is 6. The molecule has 2 amide bonds. The molecule has 2 heterocycles. The summed E-state index contributed by atoms with van der Waals surface area (Å²) in [6.07, 6.45) is 1.49. The van der Waals surface area contributed by atoms with Crippen LogP contribution in [-0.2, 0) is 0 Å². The normalized spacial score (nSPS) is 11.4. The van der Waals surface area contributed by atoms with E-state index in [0.717, 1.165) is 6.92 Å². The van der Waals surface area contributed by atoms with Crippen LogP contribution in [0.3, 0.4) is 0 Å². The van der Waals surface area contributed by atoms with Crippen LogP contribution in [0.1, 0.15) is 6.92 Å². The number of nitrogens with two attached hydrogens (primary N) is 1. The zero-order valence-corrected chi connectivity index (χ0v) is 14.9. The van der Waals surface area contributed by atoms with Crippen molar-refractivity contribution >= 4 is 17.1 Å². The lowest BCUT2D eigenvalue weighted by molar-refractivity contribution is -0.0229. The van der Waals surface area contributed by atoms with E-state index in [1.54, 1.807) is 24.3 Å². The van der Waals surface area contributed by atoms with Crippen molar-refractivity contribution in [3.63, 3.8) is 0 Å². The minimum atomic E-state index is -2.93. The Balaban J connectivity index is 1.66. The Bertz CT molecular complexity index is 954. The number of nitrogens with zero attached hydrogens (tertiary/aromatic N) is 2. The first kappa shape index (κ1) is 19.3. The van der Waals surface area contributed by atoms with Gasteiger partial charge in [-0.15, -0.1) is 0 Å². The van der Waals surface area contributed by atoms with Gasteiger partial charge in [0.05, 0.1) is 12.7 Å².